The van der Waals surface area contributed by atoms with Crippen LogP contribution in [0.3, 0.4) is 0 Å². The number of thiazole rings is 1. The van der Waals surface area contributed by atoms with Gasteiger partial charge < -0.3 is 14.0 Å². The number of nitrogens with zero attached hydrogens (tertiary/aromatic N) is 4. The van der Waals surface area contributed by atoms with Crippen LogP contribution in [0.25, 0.3) is 21.3 Å². The molecule has 1 amide bonds. The molecular weight excluding hydrogens is 388 g/mol. The van der Waals surface area contributed by atoms with Crippen molar-refractivity contribution in [3.8, 4) is 23.8 Å². The molecule has 0 unspecified atom stereocenters. The van der Waals surface area contributed by atoms with Crippen LogP contribution in [0.2, 0.25) is 0 Å². The highest BCUT2D eigenvalue weighted by atomic mass is 32.1. The van der Waals surface area contributed by atoms with Crippen LogP contribution in [0.5, 0.6) is 11.5 Å². The number of methoxy groups -OCH3 is 2. The van der Waals surface area contributed by atoms with Gasteiger partial charge >= 0.3 is 0 Å². The van der Waals surface area contributed by atoms with E-state index < -0.39 is 5.91 Å². The summed E-state index contributed by atoms with van der Waals surface area (Å²) in [5.74, 6) is 3.50. The first-order valence-electron chi connectivity index (χ1n) is 8.64. The first-order chi connectivity index (χ1) is 14.2. The highest BCUT2D eigenvalue weighted by molar-refractivity contribution is 7.16. The Balaban J connectivity index is 1.91. The summed E-state index contributed by atoms with van der Waals surface area (Å²) in [6.45, 7) is 0.235. The van der Waals surface area contributed by atoms with Crippen molar-refractivity contribution in [2.45, 2.75) is 6.54 Å². The van der Waals surface area contributed by atoms with Gasteiger partial charge in [-0.25, -0.2) is 0 Å². The number of amides is 1. The molecule has 0 aliphatic heterocycles. The van der Waals surface area contributed by atoms with Crippen molar-refractivity contribution in [3.63, 3.8) is 0 Å². The summed E-state index contributed by atoms with van der Waals surface area (Å²) in [4.78, 5) is 26.1. The van der Waals surface area contributed by atoms with Gasteiger partial charge in [-0.05, 0) is 30.3 Å². The van der Waals surface area contributed by atoms with Crippen LogP contribution in [0.1, 0.15) is 10.4 Å². The highest BCUT2D eigenvalue weighted by Crippen LogP contribution is 2.35. The zero-order valence-electron chi connectivity index (χ0n) is 15.7. The lowest BCUT2D eigenvalue weighted by molar-refractivity contribution is 0.0998. The van der Waals surface area contributed by atoms with Gasteiger partial charge in [-0.15, -0.1) is 6.42 Å². The van der Waals surface area contributed by atoms with Gasteiger partial charge in [0, 0.05) is 18.0 Å². The molecule has 0 spiro atoms. The second kappa shape index (κ2) is 7.73. The van der Waals surface area contributed by atoms with Gasteiger partial charge in [0.2, 0.25) is 0 Å². The summed E-state index contributed by atoms with van der Waals surface area (Å²) in [5, 5.41) is 0. The standard InChI is InChI=1S/C21H16N4O3S/c1-4-11-25-18-16(27-2)7-8-17(28-3)19(18)29-21(25)24-20(26)13-5-6-14-15(12-13)23-10-9-22-14/h1,5-10,12H,11H2,2-3H3. The van der Waals surface area contributed by atoms with Crippen LogP contribution >= 0.6 is 11.3 Å². The number of rotatable bonds is 4. The number of carbonyl (C=O) groups excluding carboxylic acids is 1. The summed E-state index contributed by atoms with van der Waals surface area (Å²) in [6.07, 6.45) is 8.75. The Labute approximate surface area is 170 Å². The largest absolute Gasteiger partial charge is 0.495 e. The average Bonchev–Trinajstić information content (AvgIpc) is 3.11. The number of terminal acetylenes is 1. The highest BCUT2D eigenvalue weighted by Gasteiger charge is 2.16. The first-order valence-corrected chi connectivity index (χ1v) is 9.45. The first kappa shape index (κ1) is 18.7. The van der Waals surface area contributed by atoms with Crippen LogP contribution in [0.15, 0.2) is 47.7 Å². The van der Waals surface area contributed by atoms with Crippen molar-refractivity contribution in [2.24, 2.45) is 4.99 Å². The lowest BCUT2D eigenvalue weighted by atomic mass is 10.2. The van der Waals surface area contributed by atoms with E-state index in [1.54, 1.807) is 55.4 Å². The molecule has 0 saturated heterocycles. The van der Waals surface area contributed by atoms with E-state index in [-0.39, 0.29) is 6.54 Å². The van der Waals surface area contributed by atoms with Gasteiger partial charge in [0.15, 0.2) is 4.80 Å². The van der Waals surface area contributed by atoms with Crippen molar-refractivity contribution >= 4 is 38.5 Å². The van der Waals surface area contributed by atoms with Crippen LogP contribution in [0.4, 0.5) is 0 Å². The maximum atomic E-state index is 12.9. The SMILES string of the molecule is C#CCn1c(=NC(=O)c2ccc3nccnc3c2)sc2c(OC)ccc(OC)c21. The fraction of sp³-hybridized carbons (Fsp3) is 0.143. The predicted octanol–water partition coefficient (Wildman–Crippen LogP) is 3.04. The quantitative estimate of drug-likeness (QED) is 0.489. The molecule has 8 heteroatoms. The molecule has 2 aromatic heterocycles. The average molecular weight is 404 g/mol. The Bertz CT molecular complexity index is 1350. The summed E-state index contributed by atoms with van der Waals surface area (Å²) in [6, 6.07) is 8.72. The molecule has 0 aliphatic carbocycles. The van der Waals surface area contributed by atoms with Gasteiger partial charge in [-0.3, -0.25) is 14.8 Å². The zero-order valence-corrected chi connectivity index (χ0v) is 16.6. The molecule has 0 N–H and O–H groups in total. The fourth-order valence-corrected chi connectivity index (χ4v) is 4.16. The van der Waals surface area contributed by atoms with Gasteiger partial charge in [0.1, 0.15) is 21.7 Å². The smallest absolute Gasteiger partial charge is 0.279 e. The van der Waals surface area contributed by atoms with Crippen LogP contribution in [0, 0.1) is 12.3 Å². The van der Waals surface area contributed by atoms with Crippen molar-refractivity contribution in [1.29, 1.82) is 0 Å². The lowest BCUT2D eigenvalue weighted by Gasteiger charge is -2.08. The molecule has 0 bridgehead atoms. The number of hydrogen-bond acceptors (Lipinski definition) is 6. The number of carbonyl (C=O) groups is 1. The molecule has 0 radical (unpaired) electrons. The molecule has 4 rings (SSSR count). The summed E-state index contributed by atoms with van der Waals surface area (Å²) in [7, 11) is 3.17. The van der Waals surface area contributed by atoms with Crippen molar-refractivity contribution in [2.75, 3.05) is 14.2 Å². The summed E-state index contributed by atoms with van der Waals surface area (Å²) < 4.78 is 13.5. The third-order valence-corrected chi connectivity index (χ3v) is 5.45. The second-order valence-corrected chi connectivity index (χ2v) is 6.98. The Morgan fingerprint density at radius 2 is 1.86 bits per heavy atom. The second-order valence-electron chi connectivity index (χ2n) is 6.00. The van der Waals surface area contributed by atoms with E-state index in [1.807, 2.05) is 6.07 Å². The van der Waals surface area contributed by atoms with Crippen LogP contribution < -0.4 is 14.3 Å². The Hall–Kier alpha value is -3.70. The predicted molar refractivity (Wildman–Crippen MR) is 111 cm³/mol. The molecule has 29 heavy (non-hydrogen) atoms. The maximum Gasteiger partial charge on any atom is 0.279 e. The molecule has 2 aromatic carbocycles. The van der Waals surface area contributed by atoms with Crippen molar-refractivity contribution in [3.05, 3.63) is 53.1 Å². The van der Waals surface area contributed by atoms with Crippen molar-refractivity contribution < 1.29 is 14.3 Å². The number of fused-ring (bicyclic) bond motifs is 2. The molecular formula is C21H16N4O3S. The maximum absolute atomic E-state index is 12.9. The Morgan fingerprint density at radius 1 is 1.14 bits per heavy atom. The van der Waals surface area contributed by atoms with Gasteiger partial charge in [-0.2, -0.15) is 4.99 Å². The number of aromatic nitrogens is 3. The molecule has 7 nitrogen and oxygen atoms in total. The molecule has 2 heterocycles. The van der Waals surface area contributed by atoms with Gasteiger partial charge in [0.25, 0.3) is 5.91 Å². The van der Waals surface area contributed by atoms with E-state index in [2.05, 4.69) is 20.9 Å². The monoisotopic (exact) mass is 404 g/mol. The van der Waals surface area contributed by atoms with Crippen molar-refractivity contribution in [1.82, 2.24) is 14.5 Å². The molecule has 0 fully saturated rings. The summed E-state index contributed by atoms with van der Waals surface area (Å²) in [5.41, 5.74) is 2.50. The molecule has 0 aliphatic rings. The lowest BCUT2D eigenvalue weighted by Crippen LogP contribution is -2.16. The minimum absolute atomic E-state index is 0.235. The zero-order chi connectivity index (χ0) is 20.4. The number of ether oxygens (including phenoxy) is 2. The molecule has 144 valence electrons. The van der Waals surface area contributed by atoms with E-state index in [4.69, 9.17) is 15.9 Å². The normalized spacial score (nSPS) is 11.6. The van der Waals surface area contributed by atoms with E-state index in [0.29, 0.717) is 32.9 Å². The topological polar surface area (TPSA) is 78.6 Å². The molecule has 0 saturated carbocycles. The Morgan fingerprint density at radius 3 is 2.59 bits per heavy atom. The van der Waals surface area contributed by atoms with E-state index in [1.165, 1.54) is 11.3 Å². The van der Waals surface area contributed by atoms with Crippen LogP contribution in [-0.4, -0.2) is 34.7 Å². The number of hydrogen-bond donors (Lipinski definition) is 0. The van der Waals surface area contributed by atoms with E-state index in [0.717, 1.165) is 10.2 Å². The summed E-state index contributed by atoms with van der Waals surface area (Å²) >= 11 is 1.32. The third kappa shape index (κ3) is 3.32. The molecule has 0 atom stereocenters. The Kier molecular flexibility index (Phi) is 4.97. The minimum atomic E-state index is -0.396. The van der Waals surface area contributed by atoms with Gasteiger partial charge in [0.05, 0.1) is 31.8 Å². The van der Waals surface area contributed by atoms with Gasteiger partial charge in [-0.1, -0.05) is 17.3 Å². The molecule has 4 aromatic rings. The van der Waals surface area contributed by atoms with E-state index in [9.17, 15) is 4.79 Å². The minimum Gasteiger partial charge on any atom is -0.495 e. The third-order valence-electron chi connectivity index (χ3n) is 4.36. The number of benzene rings is 2. The van der Waals surface area contributed by atoms with E-state index >= 15 is 0 Å². The fourth-order valence-electron chi connectivity index (χ4n) is 3.03. The van der Waals surface area contributed by atoms with Crippen LogP contribution in [-0.2, 0) is 6.54 Å².